The average molecular weight is 364 g/mol. The number of hydrogen-bond acceptors (Lipinski definition) is 3. The van der Waals surface area contributed by atoms with Crippen LogP contribution in [0.25, 0.3) is 33.7 Å². The van der Waals surface area contributed by atoms with Gasteiger partial charge in [0, 0.05) is 12.1 Å². The van der Waals surface area contributed by atoms with Crippen LogP contribution in [-0.2, 0) is 13.0 Å². The first-order chi connectivity index (χ1) is 13.8. The van der Waals surface area contributed by atoms with E-state index in [1.165, 1.54) is 11.1 Å². The van der Waals surface area contributed by atoms with Gasteiger partial charge in [-0.1, -0.05) is 72.3 Å². The van der Waals surface area contributed by atoms with Crippen LogP contribution in [-0.4, -0.2) is 19.5 Å². The molecular weight excluding hydrogens is 344 g/mol. The van der Waals surface area contributed by atoms with E-state index in [0.29, 0.717) is 5.65 Å². The number of aryl methyl sites for hydroxylation is 3. The smallest absolute Gasteiger partial charge is 0.198 e. The van der Waals surface area contributed by atoms with Crippen molar-refractivity contribution in [2.24, 2.45) is 0 Å². The van der Waals surface area contributed by atoms with E-state index >= 15 is 0 Å². The fourth-order valence-corrected chi connectivity index (χ4v) is 3.52. The molecule has 0 amide bonds. The lowest BCUT2D eigenvalue weighted by Crippen LogP contribution is -2.05. The molecule has 0 radical (unpaired) electrons. The summed E-state index contributed by atoms with van der Waals surface area (Å²) in [7, 11) is 0. The van der Waals surface area contributed by atoms with Gasteiger partial charge in [-0.3, -0.25) is 0 Å². The fraction of sp³-hybridized carbons (Fsp3) is 0.125. The van der Waals surface area contributed by atoms with E-state index in [4.69, 9.17) is 15.0 Å². The fourth-order valence-electron chi connectivity index (χ4n) is 3.52. The summed E-state index contributed by atoms with van der Waals surface area (Å²) in [5.74, 6) is 0.918. The highest BCUT2D eigenvalue weighted by Crippen LogP contribution is 2.25. The van der Waals surface area contributed by atoms with Crippen LogP contribution in [0.1, 0.15) is 11.1 Å². The topological polar surface area (TPSA) is 43.6 Å². The molecule has 0 fully saturated rings. The van der Waals surface area contributed by atoms with Gasteiger partial charge in [0.05, 0.1) is 11.0 Å². The monoisotopic (exact) mass is 364 g/mol. The molecule has 4 heteroatoms. The molecule has 5 rings (SSSR count). The molecular formula is C24H20N4. The number of rotatable bonds is 4. The normalized spacial score (nSPS) is 11.3. The molecule has 5 aromatic rings. The van der Waals surface area contributed by atoms with Crippen LogP contribution in [0, 0.1) is 6.92 Å². The van der Waals surface area contributed by atoms with Crippen molar-refractivity contribution in [2.75, 3.05) is 0 Å². The average Bonchev–Trinajstić information content (AvgIpc) is 3.09. The quantitative estimate of drug-likeness (QED) is 0.440. The van der Waals surface area contributed by atoms with Crippen molar-refractivity contribution >= 4 is 22.3 Å². The molecule has 0 aliphatic rings. The van der Waals surface area contributed by atoms with Crippen LogP contribution in [0.5, 0.6) is 0 Å². The van der Waals surface area contributed by atoms with Gasteiger partial charge in [0.25, 0.3) is 0 Å². The minimum absolute atomic E-state index is 0.697. The first kappa shape index (κ1) is 16.6. The van der Waals surface area contributed by atoms with Gasteiger partial charge < -0.3 is 4.57 Å². The summed E-state index contributed by atoms with van der Waals surface area (Å²) in [5.41, 5.74) is 6.92. The largest absolute Gasteiger partial charge is 0.307 e. The Labute approximate surface area is 163 Å². The minimum Gasteiger partial charge on any atom is -0.307 e. The molecule has 0 unspecified atom stereocenters. The maximum absolute atomic E-state index is 4.89. The lowest BCUT2D eigenvalue weighted by atomic mass is 10.1. The Morgan fingerprint density at radius 2 is 1.39 bits per heavy atom. The number of nitrogens with zero attached hydrogens (tertiary/aromatic N) is 4. The van der Waals surface area contributed by atoms with Crippen molar-refractivity contribution in [2.45, 2.75) is 19.9 Å². The third-order valence-corrected chi connectivity index (χ3v) is 5.03. The number of aromatic nitrogens is 4. The molecule has 4 nitrogen and oxygen atoms in total. The standard InChI is InChI=1S/C24H20N4/c1-17-11-13-19(14-12-17)23-27-22-24(26-21-10-6-5-9-20(21)25-22)28(23)16-15-18-7-3-2-4-8-18/h2-14H,15-16H2,1H3. The molecule has 136 valence electrons. The molecule has 0 atom stereocenters. The summed E-state index contributed by atoms with van der Waals surface area (Å²) >= 11 is 0. The van der Waals surface area contributed by atoms with Crippen LogP contribution in [0.3, 0.4) is 0 Å². The van der Waals surface area contributed by atoms with Crippen LogP contribution < -0.4 is 0 Å². The summed E-state index contributed by atoms with van der Waals surface area (Å²) in [4.78, 5) is 14.5. The van der Waals surface area contributed by atoms with Gasteiger partial charge in [0.1, 0.15) is 5.82 Å². The van der Waals surface area contributed by atoms with E-state index in [2.05, 4.69) is 60.0 Å². The van der Waals surface area contributed by atoms with Gasteiger partial charge in [-0.15, -0.1) is 0 Å². The molecule has 28 heavy (non-hydrogen) atoms. The van der Waals surface area contributed by atoms with Crippen molar-refractivity contribution in [3.05, 3.63) is 90.0 Å². The van der Waals surface area contributed by atoms with E-state index in [9.17, 15) is 0 Å². The summed E-state index contributed by atoms with van der Waals surface area (Å²) in [5, 5.41) is 0. The van der Waals surface area contributed by atoms with Gasteiger partial charge in [-0.2, -0.15) is 0 Å². The Bertz CT molecular complexity index is 1250. The third-order valence-electron chi connectivity index (χ3n) is 5.03. The Morgan fingerprint density at radius 1 is 0.714 bits per heavy atom. The second-order valence-corrected chi connectivity index (χ2v) is 7.05. The molecule has 0 aliphatic carbocycles. The molecule has 2 heterocycles. The predicted molar refractivity (Wildman–Crippen MR) is 113 cm³/mol. The van der Waals surface area contributed by atoms with Crippen LogP contribution >= 0.6 is 0 Å². The van der Waals surface area contributed by atoms with Gasteiger partial charge in [-0.05, 0) is 31.0 Å². The zero-order chi connectivity index (χ0) is 18.9. The summed E-state index contributed by atoms with van der Waals surface area (Å²) < 4.78 is 2.20. The van der Waals surface area contributed by atoms with Gasteiger partial charge in [-0.25, -0.2) is 15.0 Å². The van der Waals surface area contributed by atoms with Crippen molar-refractivity contribution in [1.29, 1.82) is 0 Å². The van der Waals surface area contributed by atoms with Crippen molar-refractivity contribution in [3.63, 3.8) is 0 Å². The highest BCUT2D eigenvalue weighted by molar-refractivity contribution is 5.84. The molecule has 0 saturated carbocycles. The highest BCUT2D eigenvalue weighted by Gasteiger charge is 2.16. The van der Waals surface area contributed by atoms with Crippen LogP contribution in [0.15, 0.2) is 78.9 Å². The van der Waals surface area contributed by atoms with E-state index in [-0.39, 0.29) is 0 Å². The minimum atomic E-state index is 0.697. The summed E-state index contributed by atoms with van der Waals surface area (Å²) in [6.07, 6.45) is 0.916. The first-order valence-corrected chi connectivity index (χ1v) is 9.52. The SMILES string of the molecule is Cc1ccc(-c2nc3nc4ccccc4nc3n2CCc2ccccc2)cc1. The first-order valence-electron chi connectivity index (χ1n) is 9.52. The van der Waals surface area contributed by atoms with Gasteiger partial charge in [0.2, 0.25) is 0 Å². The Morgan fingerprint density at radius 3 is 2.14 bits per heavy atom. The van der Waals surface area contributed by atoms with E-state index < -0.39 is 0 Å². The molecule has 2 aromatic heterocycles. The van der Waals surface area contributed by atoms with Crippen LogP contribution in [0.4, 0.5) is 0 Å². The van der Waals surface area contributed by atoms with Crippen molar-refractivity contribution < 1.29 is 0 Å². The maximum Gasteiger partial charge on any atom is 0.198 e. The van der Waals surface area contributed by atoms with Crippen molar-refractivity contribution in [1.82, 2.24) is 19.5 Å². The number of benzene rings is 3. The second-order valence-electron chi connectivity index (χ2n) is 7.05. The molecule has 3 aromatic carbocycles. The van der Waals surface area contributed by atoms with E-state index in [1.54, 1.807) is 0 Å². The molecule has 0 saturated heterocycles. The van der Waals surface area contributed by atoms with Crippen LogP contribution in [0.2, 0.25) is 0 Å². The van der Waals surface area contributed by atoms with Gasteiger partial charge in [0.15, 0.2) is 11.3 Å². The molecule has 0 aliphatic heterocycles. The zero-order valence-electron chi connectivity index (χ0n) is 15.7. The zero-order valence-corrected chi connectivity index (χ0v) is 15.7. The summed E-state index contributed by atoms with van der Waals surface area (Å²) in [6.45, 7) is 2.90. The maximum atomic E-state index is 4.89. The predicted octanol–water partition coefficient (Wildman–Crippen LogP) is 5.20. The van der Waals surface area contributed by atoms with E-state index in [0.717, 1.165) is 41.0 Å². The van der Waals surface area contributed by atoms with E-state index in [1.807, 2.05) is 30.3 Å². The number of imidazole rings is 1. The van der Waals surface area contributed by atoms with Gasteiger partial charge >= 0.3 is 0 Å². The lowest BCUT2D eigenvalue weighted by molar-refractivity contribution is 0.717. The van der Waals surface area contributed by atoms with Crippen molar-refractivity contribution in [3.8, 4) is 11.4 Å². The molecule has 0 bridgehead atoms. The second kappa shape index (κ2) is 6.89. The number of hydrogen-bond donors (Lipinski definition) is 0. The molecule has 0 spiro atoms. The molecule has 0 N–H and O–H groups in total. The Balaban J connectivity index is 1.67. The third kappa shape index (κ3) is 3.03. The number of fused-ring (bicyclic) bond motifs is 2. The number of para-hydroxylation sites is 2. The Hall–Kier alpha value is -3.53. The lowest BCUT2D eigenvalue weighted by Gasteiger charge is -2.09. The summed E-state index contributed by atoms with van der Waals surface area (Å²) in [6, 6.07) is 27.0. The Kier molecular flexibility index (Phi) is 4.09. The highest BCUT2D eigenvalue weighted by atomic mass is 15.2.